The normalized spacial score (nSPS) is 18.1. The molecule has 0 saturated carbocycles. The monoisotopic (exact) mass is 317 g/mol. The highest BCUT2D eigenvalue weighted by Crippen LogP contribution is 2.14. The van der Waals surface area contributed by atoms with E-state index in [1.165, 1.54) is 4.90 Å². The van der Waals surface area contributed by atoms with E-state index in [-0.39, 0.29) is 18.5 Å². The quantitative estimate of drug-likeness (QED) is 0.798. The molecule has 0 aromatic carbocycles. The molecule has 0 bridgehead atoms. The molecule has 2 aromatic rings. The van der Waals surface area contributed by atoms with E-state index in [9.17, 15) is 9.59 Å². The Kier molecular flexibility index (Phi) is 3.85. The van der Waals surface area contributed by atoms with Crippen molar-refractivity contribution in [2.75, 3.05) is 0 Å². The summed E-state index contributed by atoms with van der Waals surface area (Å²) < 4.78 is 3.37. The largest absolute Gasteiger partial charge is 0.325 e. The number of urea groups is 1. The van der Waals surface area contributed by atoms with Crippen LogP contribution in [0, 0.1) is 0 Å². The van der Waals surface area contributed by atoms with Gasteiger partial charge in [0, 0.05) is 31.9 Å². The molecule has 122 valence electrons. The van der Waals surface area contributed by atoms with Gasteiger partial charge in [-0.15, -0.1) is 5.10 Å². The van der Waals surface area contributed by atoms with E-state index in [2.05, 4.69) is 20.7 Å². The highest BCUT2D eigenvalue weighted by atomic mass is 16.2. The zero-order valence-corrected chi connectivity index (χ0v) is 13.3. The number of aromatic nitrogens is 5. The lowest BCUT2D eigenvalue weighted by Crippen LogP contribution is -2.32. The predicted molar refractivity (Wildman–Crippen MR) is 80.2 cm³/mol. The van der Waals surface area contributed by atoms with Crippen LogP contribution in [0.25, 0.3) is 0 Å². The fourth-order valence-electron chi connectivity index (χ4n) is 2.45. The maximum Gasteiger partial charge on any atom is 0.325 e. The Hall–Kier alpha value is -2.71. The van der Waals surface area contributed by atoms with Gasteiger partial charge < -0.3 is 5.32 Å². The summed E-state index contributed by atoms with van der Waals surface area (Å²) in [4.78, 5) is 25.7. The Labute approximate surface area is 133 Å². The minimum Gasteiger partial charge on any atom is -0.325 e. The summed E-state index contributed by atoms with van der Waals surface area (Å²) in [5.41, 5.74) is 1.47. The van der Waals surface area contributed by atoms with Crippen molar-refractivity contribution in [2.45, 2.75) is 38.9 Å². The first-order valence-electron chi connectivity index (χ1n) is 7.45. The van der Waals surface area contributed by atoms with Crippen LogP contribution in [0.4, 0.5) is 4.79 Å². The molecule has 9 nitrogen and oxygen atoms in total. The van der Waals surface area contributed by atoms with Crippen LogP contribution in [0.3, 0.4) is 0 Å². The van der Waals surface area contributed by atoms with Crippen LogP contribution in [-0.2, 0) is 24.8 Å². The van der Waals surface area contributed by atoms with Gasteiger partial charge in [-0.3, -0.25) is 14.4 Å². The average molecular weight is 317 g/mol. The van der Waals surface area contributed by atoms with E-state index in [0.717, 1.165) is 5.69 Å². The lowest BCUT2D eigenvalue weighted by Gasteiger charge is -2.12. The van der Waals surface area contributed by atoms with Crippen molar-refractivity contribution >= 4 is 11.9 Å². The van der Waals surface area contributed by atoms with Crippen molar-refractivity contribution in [3.05, 3.63) is 29.8 Å². The highest BCUT2D eigenvalue weighted by molar-refractivity contribution is 6.04. The van der Waals surface area contributed by atoms with Gasteiger partial charge in [0.1, 0.15) is 6.04 Å². The van der Waals surface area contributed by atoms with Gasteiger partial charge in [-0.1, -0.05) is 5.21 Å². The van der Waals surface area contributed by atoms with E-state index in [4.69, 9.17) is 0 Å². The second-order valence-electron chi connectivity index (χ2n) is 5.86. The first kappa shape index (κ1) is 15.2. The fraction of sp³-hybridized carbons (Fsp3) is 0.500. The van der Waals surface area contributed by atoms with Crippen molar-refractivity contribution in [1.82, 2.24) is 35.0 Å². The number of hydrogen-bond donors (Lipinski definition) is 1. The third kappa shape index (κ3) is 2.94. The van der Waals surface area contributed by atoms with Crippen LogP contribution >= 0.6 is 0 Å². The molecule has 1 unspecified atom stereocenters. The van der Waals surface area contributed by atoms with Gasteiger partial charge in [0.2, 0.25) is 0 Å². The summed E-state index contributed by atoms with van der Waals surface area (Å²) in [6.07, 6.45) is 3.77. The topological polar surface area (TPSA) is 97.9 Å². The zero-order valence-electron chi connectivity index (χ0n) is 13.3. The zero-order chi connectivity index (χ0) is 16.6. The van der Waals surface area contributed by atoms with Gasteiger partial charge in [0.15, 0.2) is 0 Å². The molecular weight excluding hydrogens is 298 g/mol. The molecule has 3 heterocycles. The predicted octanol–water partition coefficient (Wildman–Crippen LogP) is 0.256. The van der Waals surface area contributed by atoms with Gasteiger partial charge in [-0.25, -0.2) is 9.48 Å². The Balaban J connectivity index is 1.69. The average Bonchev–Trinajstić information content (AvgIpc) is 3.17. The van der Waals surface area contributed by atoms with Gasteiger partial charge in [0.05, 0.1) is 17.9 Å². The smallest absolute Gasteiger partial charge is 0.325 e. The van der Waals surface area contributed by atoms with Crippen LogP contribution in [0.15, 0.2) is 18.5 Å². The molecule has 0 aliphatic carbocycles. The van der Waals surface area contributed by atoms with E-state index >= 15 is 0 Å². The van der Waals surface area contributed by atoms with Crippen molar-refractivity contribution < 1.29 is 9.59 Å². The van der Waals surface area contributed by atoms with Crippen molar-refractivity contribution in [3.63, 3.8) is 0 Å². The number of imide groups is 1. The summed E-state index contributed by atoms with van der Waals surface area (Å²) in [6.45, 7) is 4.20. The van der Waals surface area contributed by atoms with Crippen LogP contribution in [0.5, 0.6) is 0 Å². The molecule has 1 aliphatic heterocycles. The maximum absolute atomic E-state index is 12.5. The molecule has 9 heteroatoms. The van der Waals surface area contributed by atoms with E-state index in [1.54, 1.807) is 34.9 Å². The molecule has 1 fully saturated rings. The number of amides is 3. The van der Waals surface area contributed by atoms with Gasteiger partial charge >= 0.3 is 6.03 Å². The molecule has 3 rings (SSSR count). The Bertz CT molecular complexity index is 733. The number of rotatable bonds is 5. The minimum atomic E-state index is -0.604. The number of carbonyl (C=O) groups excluding carboxylic acids is 2. The lowest BCUT2D eigenvalue weighted by molar-refractivity contribution is -0.127. The number of nitrogens with zero attached hydrogens (tertiary/aromatic N) is 6. The number of hydrogen-bond acceptors (Lipinski definition) is 5. The Morgan fingerprint density at radius 1 is 1.35 bits per heavy atom. The third-order valence-electron chi connectivity index (χ3n) is 3.85. The number of carbonyl (C=O) groups is 2. The van der Waals surface area contributed by atoms with Crippen LogP contribution in [0.2, 0.25) is 0 Å². The molecule has 1 aliphatic rings. The molecule has 0 spiro atoms. The summed E-state index contributed by atoms with van der Waals surface area (Å²) in [5.74, 6) is -0.254. The summed E-state index contributed by atoms with van der Waals surface area (Å²) in [6, 6.07) is 0.985. The van der Waals surface area contributed by atoms with Crippen LogP contribution in [-0.4, -0.2) is 47.7 Å². The third-order valence-corrected chi connectivity index (χ3v) is 3.85. The Morgan fingerprint density at radius 2 is 2.13 bits per heavy atom. The van der Waals surface area contributed by atoms with E-state index < -0.39 is 12.1 Å². The second-order valence-corrected chi connectivity index (χ2v) is 5.86. The summed E-state index contributed by atoms with van der Waals surface area (Å²) in [7, 11) is 1.77. The summed E-state index contributed by atoms with van der Waals surface area (Å²) >= 11 is 0. The van der Waals surface area contributed by atoms with Gasteiger partial charge in [-0.05, 0) is 19.9 Å². The molecule has 1 saturated heterocycles. The van der Waals surface area contributed by atoms with E-state index in [0.29, 0.717) is 12.1 Å². The number of aryl methyl sites for hydroxylation is 1. The maximum atomic E-state index is 12.5. The van der Waals surface area contributed by atoms with Crippen molar-refractivity contribution in [2.24, 2.45) is 7.05 Å². The van der Waals surface area contributed by atoms with Gasteiger partial charge in [0.25, 0.3) is 5.91 Å². The fourth-order valence-corrected chi connectivity index (χ4v) is 2.45. The minimum absolute atomic E-state index is 0.200. The van der Waals surface area contributed by atoms with E-state index in [1.807, 2.05) is 13.8 Å². The first-order valence-corrected chi connectivity index (χ1v) is 7.45. The Morgan fingerprint density at radius 3 is 2.74 bits per heavy atom. The molecule has 2 aromatic heterocycles. The lowest BCUT2D eigenvalue weighted by atomic mass is 10.1. The standard InChI is InChI=1S/C14H19N7O2/c1-9(2)21-7-10(17-18-21)6-12-13(22)20(14(23)16-12)8-11-4-5-15-19(11)3/h4-5,7,9,12H,6,8H2,1-3H3,(H,16,23). The molecule has 3 amide bonds. The molecule has 0 radical (unpaired) electrons. The van der Waals surface area contributed by atoms with Gasteiger partial charge in [-0.2, -0.15) is 5.10 Å². The SMILES string of the molecule is CC(C)n1cc(CC2NC(=O)N(Cc3ccnn3C)C2=O)nn1. The molecule has 23 heavy (non-hydrogen) atoms. The summed E-state index contributed by atoms with van der Waals surface area (Å²) in [5, 5.41) is 14.8. The highest BCUT2D eigenvalue weighted by Gasteiger charge is 2.38. The van der Waals surface area contributed by atoms with Crippen LogP contribution < -0.4 is 5.32 Å². The van der Waals surface area contributed by atoms with Crippen molar-refractivity contribution in [1.29, 1.82) is 0 Å². The molecular formula is C14H19N7O2. The van der Waals surface area contributed by atoms with Crippen LogP contribution in [0.1, 0.15) is 31.3 Å². The first-order chi connectivity index (χ1) is 11.0. The van der Waals surface area contributed by atoms with Crippen molar-refractivity contribution in [3.8, 4) is 0 Å². The second kappa shape index (κ2) is 5.82. The molecule has 1 N–H and O–H groups in total. The molecule has 1 atom stereocenters. The number of nitrogens with one attached hydrogen (secondary N) is 1.